The van der Waals surface area contributed by atoms with Crippen molar-refractivity contribution in [2.45, 2.75) is 56.7 Å². The first-order valence-electron chi connectivity index (χ1n) is 18.7. The monoisotopic (exact) mass is 752 g/mol. The van der Waals surface area contributed by atoms with Crippen molar-refractivity contribution in [1.82, 2.24) is 4.57 Å². The molecular formula is C49H41N2PS2. The summed E-state index contributed by atoms with van der Waals surface area (Å²) in [5.74, 6) is 0. The molecule has 2 aliphatic heterocycles. The van der Waals surface area contributed by atoms with Gasteiger partial charge in [0.25, 0.3) is 0 Å². The molecule has 1 atom stereocenters. The molecule has 0 saturated heterocycles. The number of fused-ring (bicyclic) bond motifs is 7. The molecule has 2 aliphatic rings. The fourth-order valence-electron chi connectivity index (χ4n) is 9.37. The van der Waals surface area contributed by atoms with E-state index in [4.69, 9.17) is 11.8 Å². The SMILES string of the molecule is Cc1cc(C)c2c(c1)c1cc(C)cc(C)c1n2-c1ccc2c(c1)Sc1cc(N3c4ccccc4C(C)(C)c4ccccc43)ccc1P2(=S)c1ccccc1. The second-order valence-corrected chi connectivity index (χ2v) is 21.1. The van der Waals surface area contributed by atoms with Crippen LogP contribution in [0.3, 0.4) is 0 Å². The van der Waals surface area contributed by atoms with Crippen LogP contribution in [-0.2, 0) is 17.2 Å². The summed E-state index contributed by atoms with van der Waals surface area (Å²) in [5, 5.41) is 6.40. The molecule has 0 radical (unpaired) electrons. The van der Waals surface area contributed by atoms with E-state index in [1.165, 1.54) is 98.0 Å². The van der Waals surface area contributed by atoms with Gasteiger partial charge in [-0.1, -0.05) is 127 Å². The highest BCUT2D eigenvalue weighted by atomic mass is 32.4. The Hall–Kier alpha value is -4.86. The molecule has 264 valence electrons. The maximum atomic E-state index is 7.03. The lowest BCUT2D eigenvalue weighted by molar-refractivity contribution is 0.632. The summed E-state index contributed by atoms with van der Waals surface area (Å²) in [4.78, 5) is 4.95. The van der Waals surface area contributed by atoms with Gasteiger partial charge in [0.1, 0.15) is 0 Å². The third kappa shape index (κ3) is 4.76. The molecule has 0 aliphatic carbocycles. The highest BCUT2D eigenvalue weighted by molar-refractivity contribution is 8.26. The van der Waals surface area contributed by atoms with Crippen LogP contribution in [0, 0.1) is 27.7 Å². The van der Waals surface area contributed by atoms with Gasteiger partial charge < -0.3 is 9.47 Å². The molecule has 0 saturated carbocycles. The predicted octanol–water partition coefficient (Wildman–Crippen LogP) is 12.3. The van der Waals surface area contributed by atoms with E-state index in [0.717, 1.165) is 5.69 Å². The minimum absolute atomic E-state index is 0.114. The summed E-state index contributed by atoms with van der Waals surface area (Å²) in [6, 6.07) is 49.8. The second kappa shape index (κ2) is 12.1. The molecule has 7 aromatic carbocycles. The number of benzene rings is 7. The summed E-state index contributed by atoms with van der Waals surface area (Å²) in [6.45, 7) is 13.6. The largest absolute Gasteiger partial charge is 0.310 e. The van der Waals surface area contributed by atoms with Crippen molar-refractivity contribution in [3.05, 3.63) is 173 Å². The Morgan fingerprint density at radius 1 is 0.537 bits per heavy atom. The summed E-state index contributed by atoms with van der Waals surface area (Å²) in [5.41, 5.74) is 15.1. The van der Waals surface area contributed by atoms with Crippen LogP contribution < -0.4 is 20.8 Å². The van der Waals surface area contributed by atoms with E-state index >= 15 is 0 Å². The Balaban J connectivity index is 1.21. The zero-order valence-corrected chi connectivity index (χ0v) is 34.0. The number of anilines is 3. The van der Waals surface area contributed by atoms with Crippen molar-refractivity contribution in [1.29, 1.82) is 0 Å². The highest BCUT2D eigenvalue weighted by Gasteiger charge is 2.38. The second-order valence-electron chi connectivity index (χ2n) is 15.6. The van der Waals surface area contributed by atoms with Gasteiger partial charge in [-0.2, -0.15) is 0 Å². The third-order valence-electron chi connectivity index (χ3n) is 11.7. The number of para-hydroxylation sites is 2. The molecule has 54 heavy (non-hydrogen) atoms. The fraction of sp³-hybridized carbons (Fsp3) is 0.143. The van der Waals surface area contributed by atoms with Crippen LogP contribution in [0.5, 0.6) is 0 Å². The number of hydrogen-bond acceptors (Lipinski definition) is 3. The fourth-order valence-corrected chi connectivity index (χ4v) is 15.8. The summed E-state index contributed by atoms with van der Waals surface area (Å²) in [6.07, 6.45) is 0. The average Bonchev–Trinajstić information content (AvgIpc) is 3.50. The summed E-state index contributed by atoms with van der Waals surface area (Å²) in [7, 11) is 0. The van der Waals surface area contributed by atoms with Gasteiger partial charge in [0, 0.05) is 54.0 Å². The van der Waals surface area contributed by atoms with Crippen LogP contribution in [0.15, 0.2) is 149 Å². The van der Waals surface area contributed by atoms with Crippen molar-refractivity contribution in [2.75, 3.05) is 4.90 Å². The van der Waals surface area contributed by atoms with Crippen molar-refractivity contribution in [3.63, 3.8) is 0 Å². The van der Waals surface area contributed by atoms with Crippen LogP contribution in [0.1, 0.15) is 47.2 Å². The number of aromatic nitrogens is 1. The predicted molar refractivity (Wildman–Crippen MR) is 237 cm³/mol. The Morgan fingerprint density at radius 3 is 1.57 bits per heavy atom. The molecule has 0 amide bonds. The lowest BCUT2D eigenvalue weighted by Gasteiger charge is -2.42. The lowest BCUT2D eigenvalue weighted by Crippen LogP contribution is -2.32. The molecule has 0 N–H and O–H groups in total. The highest BCUT2D eigenvalue weighted by Crippen LogP contribution is 2.56. The number of hydrogen-bond donors (Lipinski definition) is 0. The van der Waals surface area contributed by atoms with Gasteiger partial charge >= 0.3 is 0 Å². The smallest absolute Gasteiger partial charge is 0.0570 e. The van der Waals surface area contributed by atoms with Crippen LogP contribution in [-0.4, -0.2) is 4.57 Å². The quantitative estimate of drug-likeness (QED) is 0.166. The normalized spacial score (nSPS) is 16.9. The van der Waals surface area contributed by atoms with E-state index in [1.807, 2.05) is 11.8 Å². The van der Waals surface area contributed by atoms with Gasteiger partial charge in [-0.3, -0.25) is 0 Å². The van der Waals surface area contributed by atoms with E-state index in [-0.39, 0.29) is 5.41 Å². The van der Waals surface area contributed by atoms with Gasteiger partial charge in [0.15, 0.2) is 0 Å². The first kappa shape index (κ1) is 33.7. The van der Waals surface area contributed by atoms with Gasteiger partial charge in [0.2, 0.25) is 0 Å². The molecule has 0 fully saturated rings. The van der Waals surface area contributed by atoms with E-state index in [9.17, 15) is 0 Å². The van der Waals surface area contributed by atoms with Crippen molar-refractivity contribution in [3.8, 4) is 5.69 Å². The molecule has 0 bridgehead atoms. The van der Waals surface area contributed by atoms with Crippen molar-refractivity contribution in [2.24, 2.45) is 0 Å². The minimum Gasteiger partial charge on any atom is -0.310 e. The van der Waals surface area contributed by atoms with E-state index in [0.29, 0.717) is 0 Å². The Labute approximate surface area is 327 Å². The standard InChI is InChI=1S/C49H41N2PS2/c1-30-24-32(3)47-37(26-30)38-27-31(2)25-33(4)48(38)51(47)35-21-23-44-46(29-35)54-45-28-34(20-22-43(45)52(44,53)36-14-8-7-9-15-36)50-41-18-12-10-16-39(41)49(5,6)40-17-11-13-19-42(40)50/h7-29H,1-6H3. The zero-order chi connectivity index (χ0) is 37.1. The topological polar surface area (TPSA) is 8.17 Å². The summed E-state index contributed by atoms with van der Waals surface area (Å²) >= 11 is 8.91. The Morgan fingerprint density at radius 2 is 1.02 bits per heavy atom. The number of nitrogens with zero attached hydrogens (tertiary/aromatic N) is 2. The first-order valence-corrected chi connectivity index (χ1v) is 22.3. The maximum absolute atomic E-state index is 7.03. The minimum atomic E-state index is -2.40. The number of rotatable bonds is 3. The maximum Gasteiger partial charge on any atom is 0.0570 e. The van der Waals surface area contributed by atoms with E-state index < -0.39 is 6.04 Å². The van der Waals surface area contributed by atoms with Crippen molar-refractivity contribution < 1.29 is 0 Å². The molecule has 1 unspecified atom stereocenters. The Kier molecular flexibility index (Phi) is 7.53. The first-order chi connectivity index (χ1) is 26.1. The van der Waals surface area contributed by atoms with Gasteiger partial charge in [0.05, 0.1) is 22.4 Å². The molecule has 5 heteroatoms. The van der Waals surface area contributed by atoms with Crippen LogP contribution in [0.2, 0.25) is 0 Å². The van der Waals surface area contributed by atoms with Gasteiger partial charge in [-0.25, -0.2) is 0 Å². The van der Waals surface area contributed by atoms with Crippen molar-refractivity contribution >= 4 is 84.4 Å². The van der Waals surface area contributed by atoms with Gasteiger partial charge in [-0.15, -0.1) is 0 Å². The summed E-state index contributed by atoms with van der Waals surface area (Å²) < 4.78 is 2.51. The zero-order valence-electron chi connectivity index (χ0n) is 31.4. The molecule has 10 rings (SSSR count). The molecule has 8 aromatic rings. The lowest BCUT2D eigenvalue weighted by atomic mass is 9.73. The van der Waals surface area contributed by atoms with Gasteiger partial charge in [-0.05, 0) is 116 Å². The van der Waals surface area contributed by atoms with E-state index in [1.54, 1.807) is 0 Å². The number of aryl methyl sites for hydroxylation is 4. The molecular weight excluding hydrogens is 712 g/mol. The Bertz CT molecular complexity index is 2800. The molecule has 3 heterocycles. The van der Waals surface area contributed by atoms with Crippen LogP contribution in [0.25, 0.3) is 27.5 Å². The van der Waals surface area contributed by atoms with E-state index in [2.05, 4.69) is 191 Å². The molecule has 1 aromatic heterocycles. The molecule has 2 nitrogen and oxygen atoms in total. The van der Waals surface area contributed by atoms with Crippen LogP contribution >= 0.6 is 17.8 Å². The van der Waals surface area contributed by atoms with Crippen LogP contribution in [0.4, 0.5) is 17.1 Å². The average molecular weight is 753 g/mol. The molecule has 0 spiro atoms. The third-order valence-corrected chi connectivity index (χ3v) is 18.1.